The molecule has 0 heterocycles. The molecule has 0 aromatic heterocycles. The number of carbonyl (C=O) groups is 2. The molecule has 0 radical (unpaired) electrons. The molecule has 1 aromatic rings. The van der Waals surface area contributed by atoms with E-state index in [-0.39, 0.29) is 18.2 Å². The van der Waals surface area contributed by atoms with Crippen LogP contribution in [0.3, 0.4) is 0 Å². The van der Waals surface area contributed by atoms with Crippen LogP contribution in [0.5, 0.6) is 5.75 Å². The number of hydroxylamine groups is 1. The predicted molar refractivity (Wildman–Crippen MR) is 114 cm³/mol. The van der Waals surface area contributed by atoms with Crippen LogP contribution in [0.1, 0.15) is 44.9 Å². The van der Waals surface area contributed by atoms with Crippen LogP contribution >= 0.6 is 11.6 Å². The summed E-state index contributed by atoms with van der Waals surface area (Å²) in [6.45, 7) is 1.92. The highest BCUT2D eigenvalue weighted by molar-refractivity contribution is 6.35. The first-order chi connectivity index (χ1) is 14.0. The Hall–Kier alpha value is -2.27. The second kappa shape index (κ2) is 14.7. The van der Waals surface area contributed by atoms with Gasteiger partial charge in [-0.05, 0) is 38.4 Å². The van der Waals surface area contributed by atoms with Crippen molar-refractivity contribution in [3.63, 3.8) is 0 Å². The van der Waals surface area contributed by atoms with E-state index in [1.165, 1.54) is 0 Å². The maximum atomic E-state index is 12.1. The molecule has 0 bridgehead atoms. The highest BCUT2D eigenvalue weighted by Crippen LogP contribution is 2.32. The van der Waals surface area contributed by atoms with E-state index in [4.69, 9.17) is 28.0 Å². The normalized spacial score (nSPS) is 10.4. The topological polar surface area (TPSA) is 90.9 Å². The molecule has 7 nitrogen and oxygen atoms in total. The minimum atomic E-state index is -0.390. The van der Waals surface area contributed by atoms with E-state index in [1.54, 1.807) is 23.7 Å². The van der Waals surface area contributed by atoms with E-state index < -0.39 is 0 Å². The summed E-state index contributed by atoms with van der Waals surface area (Å²) in [4.78, 5) is 25.1. The van der Waals surface area contributed by atoms with Crippen LogP contribution in [0, 0.1) is 12.3 Å². The van der Waals surface area contributed by atoms with Crippen molar-refractivity contribution < 1.29 is 19.5 Å². The number of rotatable bonds is 14. The van der Waals surface area contributed by atoms with Crippen molar-refractivity contribution >= 4 is 29.1 Å². The molecule has 0 saturated heterocycles. The summed E-state index contributed by atoms with van der Waals surface area (Å²) < 4.78 is 5.73. The van der Waals surface area contributed by atoms with Crippen molar-refractivity contribution in [3.05, 3.63) is 23.2 Å². The fraction of sp³-hybridized carbons (Fsp3) is 0.524. The average Bonchev–Trinajstić information content (AvgIpc) is 2.70. The van der Waals surface area contributed by atoms with Crippen LogP contribution in [0.25, 0.3) is 0 Å². The average molecular weight is 424 g/mol. The van der Waals surface area contributed by atoms with Gasteiger partial charge < -0.3 is 10.1 Å². The lowest BCUT2D eigenvalue weighted by atomic mass is 10.1. The largest absolute Gasteiger partial charge is 0.492 e. The molecule has 3 N–H and O–H groups in total. The van der Waals surface area contributed by atoms with Gasteiger partial charge in [0.25, 0.3) is 0 Å². The molecular formula is C21H30ClN3O4. The van der Waals surface area contributed by atoms with E-state index in [9.17, 15) is 9.59 Å². The van der Waals surface area contributed by atoms with Gasteiger partial charge in [-0.1, -0.05) is 36.4 Å². The Bertz CT molecular complexity index is 691. The number of halogens is 1. The lowest BCUT2D eigenvalue weighted by Gasteiger charge is -2.15. The number of hydrogen-bond donors (Lipinski definition) is 3. The van der Waals surface area contributed by atoms with Gasteiger partial charge >= 0.3 is 0 Å². The van der Waals surface area contributed by atoms with E-state index in [0.717, 1.165) is 25.8 Å². The number of anilines is 1. The number of nitrogens with one attached hydrogen (secondary N) is 2. The molecule has 29 heavy (non-hydrogen) atoms. The van der Waals surface area contributed by atoms with Gasteiger partial charge in [-0.2, -0.15) is 0 Å². The van der Waals surface area contributed by atoms with Crippen LogP contribution < -0.4 is 15.5 Å². The molecule has 0 aliphatic carbocycles. The number of ether oxygens (including phenoxy) is 1. The fourth-order valence-electron chi connectivity index (χ4n) is 2.66. The first-order valence-electron chi connectivity index (χ1n) is 9.74. The number of carbonyl (C=O) groups excluding carboxylic acids is 2. The number of nitrogens with zero attached hydrogens (tertiary/aromatic N) is 1. The quantitative estimate of drug-likeness (QED) is 0.184. The zero-order valence-corrected chi connectivity index (χ0v) is 17.6. The first kappa shape index (κ1) is 24.8. The SMILES string of the molecule is C#CCN(C)CCCOc1cccc(NC(=O)CCCCCCC(=O)NO)c1Cl. The zero-order valence-electron chi connectivity index (χ0n) is 16.9. The van der Waals surface area contributed by atoms with Gasteiger partial charge in [0, 0.05) is 19.4 Å². The van der Waals surface area contributed by atoms with Gasteiger partial charge in [0.05, 0.1) is 18.8 Å². The van der Waals surface area contributed by atoms with Crippen LogP contribution in [-0.4, -0.2) is 48.7 Å². The smallest absolute Gasteiger partial charge is 0.243 e. The molecule has 0 fully saturated rings. The molecule has 0 aliphatic rings. The first-order valence-corrected chi connectivity index (χ1v) is 10.1. The Morgan fingerprint density at radius 2 is 1.86 bits per heavy atom. The molecule has 0 aliphatic heterocycles. The predicted octanol–water partition coefficient (Wildman–Crippen LogP) is 3.46. The molecule has 1 aromatic carbocycles. The summed E-state index contributed by atoms with van der Waals surface area (Å²) in [6.07, 6.45) is 9.78. The summed E-state index contributed by atoms with van der Waals surface area (Å²) in [5.41, 5.74) is 2.13. The Morgan fingerprint density at radius 3 is 2.52 bits per heavy atom. The van der Waals surface area contributed by atoms with Gasteiger partial charge in [-0.15, -0.1) is 6.42 Å². The van der Waals surface area contributed by atoms with Crippen molar-refractivity contribution in [1.29, 1.82) is 0 Å². The van der Waals surface area contributed by atoms with Crippen molar-refractivity contribution in [1.82, 2.24) is 10.4 Å². The number of terminal acetylenes is 1. The fourth-order valence-corrected chi connectivity index (χ4v) is 2.89. The van der Waals surface area contributed by atoms with Crippen LogP contribution in [-0.2, 0) is 9.59 Å². The van der Waals surface area contributed by atoms with Crippen LogP contribution in [0.4, 0.5) is 5.69 Å². The summed E-state index contributed by atoms with van der Waals surface area (Å²) >= 11 is 6.36. The van der Waals surface area contributed by atoms with Crippen molar-refractivity contribution in [3.8, 4) is 18.1 Å². The van der Waals surface area contributed by atoms with E-state index in [2.05, 4.69) is 11.2 Å². The molecule has 160 valence electrons. The van der Waals surface area contributed by atoms with Gasteiger partial charge in [-0.25, -0.2) is 5.48 Å². The van der Waals surface area contributed by atoms with Gasteiger partial charge in [-0.3, -0.25) is 19.7 Å². The lowest BCUT2D eigenvalue weighted by Crippen LogP contribution is -2.21. The standard InChI is InChI=1S/C21H30ClN3O4/c1-3-14-25(2)15-9-16-29-18-11-8-10-17(21(18)22)23-19(26)12-6-4-5-7-13-20(27)24-28/h1,8,10-11,28H,4-7,9,12-16H2,2H3,(H,23,26)(H,24,27). The third-order valence-electron chi connectivity index (χ3n) is 4.22. The number of amides is 2. The van der Waals surface area contributed by atoms with Crippen LogP contribution in [0.2, 0.25) is 5.02 Å². The molecule has 0 unspecified atom stereocenters. The Morgan fingerprint density at radius 1 is 1.17 bits per heavy atom. The highest BCUT2D eigenvalue weighted by atomic mass is 35.5. The second-order valence-corrected chi connectivity index (χ2v) is 7.14. The monoisotopic (exact) mass is 423 g/mol. The third kappa shape index (κ3) is 10.7. The molecule has 0 saturated carbocycles. The minimum Gasteiger partial charge on any atom is -0.492 e. The second-order valence-electron chi connectivity index (χ2n) is 6.76. The molecular weight excluding hydrogens is 394 g/mol. The minimum absolute atomic E-state index is 0.118. The van der Waals surface area contributed by atoms with E-state index in [1.807, 2.05) is 11.9 Å². The molecule has 0 spiro atoms. The third-order valence-corrected chi connectivity index (χ3v) is 4.61. The molecule has 0 atom stereocenters. The summed E-state index contributed by atoms with van der Waals surface area (Å²) in [5, 5.41) is 11.6. The molecule has 8 heteroatoms. The number of unbranched alkanes of at least 4 members (excludes halogenated alkanes) is 3. The molecule has 1 rings (SSSR count). The van der Waals surface area contributed by atoms with Crippen molar-refractivity contribution in [2.75, 3.05) is 32.1 Å². The van der Waals surface area contributed by atoms with Gasteiger partial charge in [0.15, 0.2) is 0 Å². The zero-order chi connectivity index (χ0) is 21.5. The number of benzene rings is 1. The molecule has 2 amide bonds. The maximum Gasteiger partial charge on any atom is 0.243 e. The van der Waals surface area contributed by atoms with Gasteiger partial charge in [0.2, 0.25) is 11.8 Å². The Labute approximate surface area is 177 Å². The number of hydrogen-bond acceptors (Lipinski definition) is 5. The summed E-state index contributed by atoms with van der Waals surface area (Å²) in [7, 11) is 1.95. The van der Waals surface area contributed by atoms with E-state index >= 15 is 0 Å². The van der Waals surface area contributed by atoms with Crippen molar-refractivity contribution in [2.24, 2.45) is 0 Å². The highest BCUT2D eigenvalue weighted by Gasteiger charge is 2.10. The summed E-state index contributed by atoms with van der Waals surface area (Å²) in [5.74, 6) is 2.62. The Balaban J connectivity index is 2.33. The van der Waals surface area contributed by atoms with Gasteiger partial charge in [0.1, 0.15) is 10.8 Å². The summed E-state index contributed by atoms with van der Waals surface area (Å²) in [6, 6.07) is 5.29. The van der Waals surface area contributed by atoms with Crippen LogP contribution in [0.15, 0.2) is 18.2 Å². The Kier molecular flexibility index (Phi) is 12.5. The lowest BCUT2D eigenvalue weighted by molar-refractivity contribution is -0.129. The van der Waals surface area contributed by atoms with E-state index in [0.29, 0.717) is 48.9 Å². The maximum absolute atomic E-state index is 12.1. The van der Waals surface area contributed by atoms with Crippen molar-refractivity contribution in [2.45, 2.75) is 44.9 Å².